The van der Waals surface area contributed by atoms with Crippen LogP contribution < -0.4 is 5.32 Å². The van der Waals surface area contributed by atoms with Gasteiger partial charge >= 0.3 is 6.18 Å². The van der Waals surface area contributed by atoms with Gasteiger partial charge in [-0.15, -0.1) is 0 Å². The molecule has 0 bridgehead atoms. The number of carbonyl (C=O) groups excluding carboxylic acids is 1. The fraction of sp³-hybridized carbons (Fsp3) is 0.300. The van der Waals surface area contributed by atoms with Crippen molar-refractivity contribution in [3.05, 3.63) is 29.8 Å². The summed E-state index contributed by atoms with van der Waals surface area (Å²) in [7, 11) is 0. The van der Waals surface area contributed by atoms with Crippen molar-refractivity contribution in [3.63, 3.8) is 0 Å². The van der Waals surface area contributed by atoms with Gasteiger partial charge in [0.1, 0.15) is 6.42 Å². The second-order valence-corrected chi connectivity index (χ2v) is 3.20. The Labute approximate surface area is 89.9 Å². The van der Waals surface area contributed by atoms with Crippen molar-refractivity contribution >= 4 is 11.6 Å². The van der Waals surface area contributed by atoms with Crippen LogP contribution in [0.3, 0.4) is 0 Å². The number of hydrogen-bond donors (Lipinski definition) is 2. The minimum atomic E-state index is -4.50. The zero-order chi connectivity index (χ0) is 12.2. The number of amides is 1. The van der Waals surface area contributed by atoms with Crippen molar-refractivity contribution in [2.75, 3.05) is 5.32 Å². The summed E-state index contributed by atoms with van der Waals surface area (Å²) >= 11 is 0. The molecule has 0 aliphatic heterocycles. The van der Waals surface area contributed by atoms with Gasteiger partial charge in [-0.05, 0) is 17.7 Å². The van der Waals surface area contributed by atoms with Crippen LogP contribution in [0.4, 0.5) is 18.9 Å². The summed E-state index contributed by atoms with van der Waals surface area (Å²) in [5, 5.41) is 10.8. The van der Waals surface area contributed by atoms with Crippen LogP contribution in [0.5, 0.6) is 0 Å². The average Bonchev–Trinajstić information content (AvgIpc) is 2.16. The second kappa shape index (κ2) is 4.98. The van der Waals surface area contributed by atoms with Crippen molar-refractivity contribution < 1.29 is 23.1 Å². The van der Waals surface area contributed by atoms with E-state index < -0.39 is 18.5 Å². The first-order chi connectivity index (χ1) is 7.40. The van der Waals surface area contributed by atoms with E-state index in [1.807, 2.05) is 0 Å². The maximum Gasteiger partial charge on any atom is 0.397 e. The minimum absolute atomic E-state index is 0.156. The van der Waals surface area contributed by atoms with Gasteiger partial charge in [-0.3, -0.25) is 4.79 Å². The number of aliphatic hydroxyl groups excluding tert-OH is 1. The maximum atomic E-state index is 11.8. The quantitative estimate of drug-likeness (QED) is 0.839. The highest BCUT2D eigenvalue weighted by molar-refractivity contribution is 5.91. The maximum absolute atomic E-state index is 11.8. The molecule has 0 aliphatic carbocycles. The number of hydrogen-bond acceptors (Lipinski definition) is 2. The molecule has 0 unspecified atom stereocenters. The van der Waals surface area contributed by atoms with E-state index in [2.05, 4.69) is 5.32 Å². The Morgan fingerprint density at radius 2 is 1.81 bits per heavy atom. The van der Waals surface area contributed by atoms with Crippen molar-refractivity contribution in [2.45, 2.75) is 19.2 Å². The number of aliphatic hydroxyl groups is 1. The Morgan fingerprint density at radius 1 is 1.25 bits per heavy atom. The van der Waals surface area contributed by atoms with E-state index in [-0.39, 0.29) is 12.3 Å². The van der Waals surface area contributed by atoms with Crippen LogP contribution in [-0.2, 0) is 11.4 Å². The van der Waals surface area contributed by atoms with Gasteiger partial charge < -0.3 is 10.4 Å². The van der Waals surface area contributed by atoms with E-state index >= 15 is 0 Å². The molecule has 1 rings (SSSR count). The molecular weight excluding hydrogens is 223 g/mol. The summed E-state index contributed by atoms with van der Waals surface area (Å²) in [5.41, 5.74) is 0.889. The Kier molecular flexibility index (Phi) is 3.89. The topological polar surface area (TPSA) is 49.3 Å². The predicted octanol–water partition coefficient (Wildman–Crippen LogP) is 2.07. The summed E-state index contributed by atoms with van der Waals surface area (Å²) in [6.45, 7) is -0.156. The zero-order valence-electron chi connectivity index (χ0n) is 8.21. The standard InChI is InChI=1S/C10H10F3NO2/c11-10(12,13)5-9(16)14-8-3-1-7(6-15)2-4-8/h1-4,15H,5-6H2,(H,14,16). The molecule has 16 heavy (non-hydrogen) atoms. The van der Waals surface area contributed by atoms with Gasteiger partial charge in [-0.25, -0.2) is 0 Å². The molecule has 1 aromatic rings. The van der Waals surface area contributed by atoms with Crippen LogP contribution in [-0.4, -0.2) is 17.2 Å². The highest BCUT2D eigenvalue weighted by Gasteiger charge is 2.31. The monoisotopic (exact) mass is 233 g/mol. The molecular formula is C10H10F3NO2. The van der Waals surface area contributed by atoms with E-state index in [1.54, 1.807) is 0 Å². The summed E-state index contributed by atoms with van der Waals surface area (Å²) in [4.78, 5) is 10.9. The van der Waals surface area contributed by atoms with Crippen LogP contribution in [0.1, 0.15) is 12.0 Å². The molecule has 2 N–H and O–H groups in total. The number of halogens is 3. The number of rotatable bonds is 3. The van der Waals surface area contributed by atoms with Crippen molar-refractivity contribution in [1.82, 2.24) is 0 Å². The fourth-order valence-electron chi connectivity index (χ4n) is 1.08. The lowest BCUT2D eigenvalue weighted by molar-refractivity contribution is -0.150. The third-order valence-corrected chi connectivity index (χ3v) is 1.78. The molecule has 3 nitrogen and oxygen atoms in total. The summed E-state index contributed by atoms with van der Waals surface area (Å²) in [6.07, 6.45) is -6.01. The van der Waals surface area contributed by atoms with E-state index in [9.17, 15) is 18.0 Å². The third-order valence-electron chi connectivity index (χ3n) is 1.78. The van der Waals surface area contributed by atoms with Gasteiger partial charge in [0.2, 0.25) is 5.91 Å². The number of alkyl halides is 3. The number of anilines is 1. The largest absolute Gasteiger partial charge is 0.397 e. The molecule has 0 saturated heterocycles. The van der Waals surface area contributed by atoms with E-state index in [0.717, 1.165) is 0 Å². The number of nitrogens with one attached hydrogen (secondary N) is 1. The minimum Gasteiger partial charge on any atom is -0.392 e. The van der Waals surface area contributed by atoms with Crippen molar-refractivity contribution in [3.8, 4) is 0 Å². The molecule has 1 aromatic carbocycles. The molecule has 0 heterocycles. The lowest BCUT2D eigenvalue weighted by Crippen LogP contribution is -2.21. The Balaban J connectivity index is 2.56. The molecule has 0 saturated carbocycles. The predicted molar refractivity (Wildman–Crippen MR) is 51.7 cm³/mol. The summed E-state index contributed by atoms with van der Waals surface area (Å²) in [6, 6.07) is 5.89. The molecule has 0 radical (unpaired) electrons. The Morgan fingerprint density at radius 3 is 2.25 bits per heavy atom. The van der Waals surface area contributed by atoms with E-state index in [0.29, 0.717) is 5.56 Å². The fourth-order valence-corrected chi connectivity index (χ4v) is 1.08. The number of carbonyl (C=O) groups is 1. The van der Waals surface area contributed by atoms with Gasteiger partial charge in [0.25, 0.3) is 0 Å². The van der Waals surface area contributed by atoms with Crippen LogP contribution >= 0.6 is 0 Å². The highest BCUT2D eigenvalue weighted by Crippen LogP contribution is 2.20. The molecule has 0 fully saturated rings. The summed E-state index contributed by atoms with van der Waals surface area (Å²) in [5.74, 6) is -1.11. The Hall–Kier alpha value is -1.56. The summed E-state index contributed by atoms with van der Waals surface area (Å²) < 4.78 is 35.5. The van der Waals surface area contributed by atoms with Gasteiger partial charge in [0.05, 0.1) is 6.61 Å². The molecule has 0 atom stereocenters. The zero-order valence-corrected chi connectivity index (χ0v) is 8.21. The lowest BCUT2D eigenvalue weighted by Gasteiger charge is -2.07. The van der Waals surface area contributed by atoms with Crippen LogP contribution in [0.15, 0.2) is 24.3 Å². The number of benzene rings is 1. The van der Waals surface area contributed by atoms with Gasteiger partial charge in [0.15, 0.2) is 0 Å². The van der Waals surface area contributed by atoms with E-state index in [1.165, 1.54) is 24.3 Å². The molecule has 1 amide bonds. The van der Waals surface area contributed by atoms with Gasteiger partial charge in [-0.2, -0.15) is 13.2 Å². The van der Waals surface area contributed by atoms with E-state index in [4.69, 9.17) is 5.11 Å². The van der Waals surface area contributed by atoms with Gasteiger partial charge in [-0.1, -0.05) is 12.1 Å². The first kappa shape index (κ1) is 12.5. The highest BCUT2D eigenvalue weighted by atomic mass is 19.4. The molecule has 0 aliphatic rings. The molecule has 88 valence electrons. The smallest absolute Gasteiger partial charge is 0.392 e. The normalized spacial score (nSPS) is 11.2. The molecule has 6 heteroatoms. The van der Waals surface area contributed by atoms with Crippen molar-refractivity contribution in [2.24, 2.45) is 0 Å². The first-order valence-electron chi connectivity index (χ1n) is 4.47. The second-order valence-electron chi connectivity index (χ2n) is 3.20. The van der Waals surface area contributed by atoms with Crippen molar-refractivity contribution in [1.29, 1.82) is 0 Å². The SMILES string of the molecule is O=C(CC(F)(F)F)Nc1ccc(CO)cc1. The molecule has 0 aromatic heterocycles. The van der Waals surface area contributed by atoms with Crippen LogP contribution in [0, 0.1) is 0 Å². The average molecular weight is 233 g/mol. The van der Waals surface area contributed by atoms with Crippen LogP contribution in [0.2, 0.25) is 0 Å². The van der Waals surface area contributed by atoms with Gasteiger partial charge in [0, 0.05) is 5.69 Å². The van der Waals surface area contributed by atoms with Crippen LogP contribution in [0.25, 0.3) is 0 Å². The molecule has 0 spiro atoms. The third kappa shape index (κ3) is 4.31. The first-order valence-corrected chi connectivity index (χ1v) is 4.47. The lowest BCUT2D eigenvalue weighted by atomic mass is 10.2. The Bertz CT molecular complexity index is 359.